The number of hydrogen-bond acceptors (Lipinski definition) is 2. The van der Waals surface area contributed by atoms with Crippen LogP contribution in [0.25, 0.3) is 11.1 Å². The van der Waals surface area contributed by atoms with Crippen LogP contribution in [0.1, 0.15) is 12.0 Å². The zero-order valence-electron chi connectivity index (χ0n) is 10.8. The lowest BCUT2D eigenvalue weighted by Crippen LogP contribution is -2.19. The number of rotatable bonds is 5. The van der Waals surface area contributed by atoms with E-state index in [9.17, 15) is 9.90 Å². The molecule has 104 valence electrons. The van der Waals surface area contributed by atoms with Crippen molar-refractivity contribution in [1.82, 2.24) is 0 Å². The van der Waals surface area contributed by atoms with Crippen LogP contribution >= 0.6 is 15.9 Å². The van der Waals surface area contributed by atoms with Gasteiger partial charge in [-0.3, -0.25) is 0 Å². The number of hydrogen-bond donors (Lipinski definition) is 2. The highest BCUT2D eigenvalue weighted by atomic mass is 79.9. The molecule has 0 aliphatic carbocycles. The predicted octanol–water partition coefficient (Wildman–Crippen LogP) is 3.49. The zero-order chi connectivity index (χ0) is 14.5. The van der Waals surface area contributed by atoms with Crippen LogP contribution in [0.4, 0.5) is 0 Å². The van der Waals surface area contributed by atoms with E-state index in [0.717, 1.165) is 21.2 Å². The van der Waals surface area contributed by atoms with Crippen LogP contribution in [-0.4, -0.2) is 22.3 Å². The molecule has 0 aliphatic heterocycles. The summed E-state index contributed by atoms with van der Waals surface area (Å²) in [5.74, 6) is -1.17. The quantitative estimate of drug-likeness (QED) is 0.879. The molecule has 20 heavy (non-hydrogen) atoms. The van der Waals surface area contributed by atoms with Crippen molar-refractivity contribution in [2.24, 2.45) is 0 Å². The van der Waals surface area contributed by atoms with E-state index in [2.05, 4.69) is 15.9 Å². The molecule has 2 aromatic carbocycles. The maximum absolute atomic E-state index is 10.5. The van der Waals surface area contributed by atoms with E-state index < -0.39 is 12.1 Å². The Morgan fingerprint density at radius 1 is 1.10 bits per heavy atom. The zero-order valence-corrected chi connectivity index (χ0v) is 12.4. The van der Waals surface area contributed by atoms with Gasteiger partial charge in [0.05, 0.1) is 0 Å². The van der Waals surface area contributed by atoms with Crippen LogP contribution in [0.15, 0.2) is 53.0 Å². The summed E-state index contributed by atoms with van der Waals surface area (Å²) in [6.07, 6.45) is -0.522. The summed E-state index contributed by atoms with van der Waals surface area (Å²) >= 11 is 3.52. The average Bonchev–Trinajstić information content (AvgIpc) is 2.46. The van der Waals surface area contributed by atoms with Gasteiger partial charge in [0, 0.05) is 4.47 Å². The molecule has 0 amide bonds. The summed E-state index contributed by atoms with van der Waals surface area (Å²) in [5.41, 5.74) is 3.23. The molecule has 4 heteroatoms. The number of carboxylic acids is 1. The summed E-state index contributed by atoms with van der Waals surface area (Å²) in [6, 6.07) is 15.9. The minimum absolute atomic E-state index is 0.226. The molecular formula is C16H15BrO3. The molecule has 2 rings (SSSR count). The van der Waals surface area contributed by atoms with Gasteiger partial charge >= 0.3 is 5.97 Å². The van der Waals surface area contributed by atoms with Crippen LogP contribution < -0.4 is 0 Å². The van der Waals surface area contributed by atoms with E-state index in [1.807, 2.05) is 48.5 Å². The van der Waals surface area contributed by atoms with E-state index >= 15 is 0 Å². The fourth-order valence-corrected chi connectivity index (χ4v) is 2.49. The third-order valence-electron chi connectivity index (χ3n) is 3.13. The maximum Gasteiger partial charge on any atom is 0.332 e. The van der Waals surface area contributed by atoms with Gasteiger partial charge in [-0.1, -0.05) is 58.4 Å². The van der Waals surface area contributed by atoms with Crippen molar-refractivity contribution < 1.29 is 15.0 Å². The monoisotopic (exact) mass is 334 g/mol. The third kappa shape index (κ3) is 3.68. The maximum atomic E-state index is 10.5. The number of carbonyl (C=O) groups is 1. The fourth-order valence-electron chi connectivity index (χ4n) is 1.97. The highest BCUT2D eigenvalue weighted by molar-refractivity contribution is 9.10. The molecule has 0 heterocycles. The first kappa shape index (κ1) is 14.8. The number of aliphatic hydroxyl groups is 1. The van der Waals surface area contributed by atoms with Gasteiger partial charge in [0.15, 0.2) is 6.10 Å². The fraction of sp³-hybridized carbons (Fsp3) is 0.188. The Morgan fingerprint density at radius 2 is 1.75 bits per heavy atom. The first-order chi connectivity index (χ1) is 9.58. The van der Waals surface area contributed by atoms with Crippen molar-refractivity contribution in [3.63, 3.8) is 0 Å². The molecule has 0 aliphatic rings. The number of carboxylic acid groups (broad SMARTS) is 1. The predicted molar refractivity (Wildman–Crippen MR) is 81.5 cm³/mol. The Hall–Kier alpha value is -1.65. The summed E-state index contributed by atoms with van der Waals surface area (Å²) in [5, 5.41) is 17.9. The Labute approximate surface area is 126 Å². The molecule has 2 N–H and O–H groups in total. The largest absolute Gasteiger partial charge is 0.479 e. The molecule has 0 bridgehead atoms. The molecule has 1 unspecified atom stereocenters. The lowest BCUT2D eigenvalue weighted by Gasteiger charge is -2.08. The highest BCUT2D eigenvalue weighted by Crippen LogP contribution is 2.28. The molecule has 0 fully saturated rings. The van der Waals surface area contributed by atoms with Crippen LogP contribution in [0.5, 0.6) is 0 Å². The van der Waals surface area contributed by atoms with Gasteiger partial charge in [-0.05, 0) is 35.6 Å². The van der Waals surface area contributed by atoms with Gasteiger partial charge in [0.2, 0.25) is 0 Å². The number of halogens is 1. The smallest absolute Gasteiger partial charge is 0.332 e. The minimum atomic E-state index is -1.29. The molecule has 0 aromatic heterocycles. The highest BCUT2D eigenvalue weighted by Gasteiger charge is 2.12. The normalized spacial score (nSPS) is 12.1. The van der Waals surface area contributed by atoms with Crippen LogP contribution in [0.2, 0.25) is 0 Å². The van der Waals surface area contributed by atoms with Gasteiger partial charge in [-0.15, -0.1) is 0 Å². The first-order valence-electron chi connectivity index (χ1n) is 6.32. The van der Waals surface area contributed by atoms with E-state index in [-0.39, 0.29) is 6.42 Å². The summed E-state index contributed by atoms with van der Waals surface area (Å²) in [4.78, 5) is 10.5. The van der Waals surface area contributed by atoms with E-state index in [1.54, 1.807) is 0 Å². The van der Waals surface area contributed by atoms with E-state index in [4.69, 9.17) is 5.11 Å². The Kier molecular flexibility index (Phi) is 4.93. The Bertz CT molecular complexity index is 593. The third-order valence-corrected chi connectivity index (χ3v) is 3.82. The lowest BCUT2D eigenvalue weighted by atomic mass is 10.0. The topological polar surface area (TPSA) is 57.5 Å². The van der Waals surface area contributed by atoms with Gasteiger partial charge in [0.1, 0.15) is 0 Å². The Balaban J connectivity index is 2.07. The first-order valence-corrected chi connectivity index (χ1v) is 7.12. The number of benzene rings is 2. The molecule has 0 saturated carbocycles. The summed E-state index contributed by atoms with van der Waals surface area (Å²) < 4.78 is 1.04. The molecule has 3 nitrogen and oxygen atoms in total. The number of aliphatic hydroxyl groups excluding tert-OH is 1. The number of aliphatic carboxylic acids is 1. The van der Waals surface area contributed by atoms with Gasteiger partial charge in [-0.2, -0.15) is 0 Å². The molecule has 0 saturated heterocycles. The minimum Gasteiger partial charge on any atom is -0.479 e. The van der Waals surface area contributed by atoms with Gasteiger partial charge < -0.3 is 10.2 Å². The molecule has 2 aromatic rings. The molecule has 0 spiro atoms. The van der Waals surface area contributed by atoms with Crippen molar-refractivity contribution >= 4 is 21.9 Å². The van der Waals surface area contributed by atoms with Crippen molar-refractivity contribution in [3.05, 3.63) is 58.6 Å². The molecular weight excluding hydrogens is 320 g/mol. The lowest BCUT2D eigenvalue weighted by molar-refractivity contribution is -0.146. The van der Waals surface area contributed by atoms with Crippen LogP contribution in [-0.2, 0) is 11.2 Å². The number of aryl methyl sites for hydroxylation is 1. The average molecular weight is 335 g/mol. The second-order valence-corrected chi connectivity index (χ2v) is 5.42. The van der Waals surface area contributed by atoms with Crippen molar-refractivity contribution in [2.75, 3.05) is 0 Å². The van der Waals surface area contributed by atoms with Crippen molar-refractivity contribution in [3.8, 4) is 11.1 Å². The van der Waals surface area contributed by atoms with Crippen molar-refractivity contribution in [2.45, 2.75) is 18.9 Å². The van der Waals surface area contributed by atoms with E-state index in [1.165, 1.54) is 0 Å². The van der Waals surface area contributed by atoms with Gasteiger partial charge in [-0.25, -0.2) is 4.79 Å². The Morgan fingerprint density at radius 3 is 2.35 bits per heavy atom. The summed E-state index contributed by atoms with van der Waals surface area (Å²) in [7, 11) is 0. The standard InChI is InChI=1S/C16H15BrO3/c17-14-4-2-1-3-13(14)12-8-5-11(6-9-12)7-10-15(18)16(19)20/h1-6,8-9,15,18H,7,10H2,(H,19,20). The van der Waals surface area contributed by atoms with E-state index in [0.29, 0.717) is 6.42 Å². The molecule has 0 radical (unpaired) electrons. The second-order valence-electron chi connectivity index (χ2n) is 4.57. The van der Waals surface area contributed by atoms with Crippen LogP contribution in [0, 0.1) is 0 Å². The second kappa shape index (κ2) is 6.68. The SMILES string of the molecule is O=C(O)C(O)CCc1ccc(-c2ccccc2Br)cc1. The summed E-state index contributed by atoms with van der Waals surface area (Å²) in [6.45, 7) is 0. The van der Waals surface area contributed by atoms with Gasteiger partial charge in [0.25, 0.3) is 0 Å². The van der Waals surface area contributed by atoms with Crippen LogP contribution in [0.3, 0.4) is 0 Å². The molecule has 1 atom stereocenters. The van der Waals surface area contributed by atoms with Crippen molar-refractivity contribution in [1.29, 1.82) is 0 Å².